The van der Waals surface area contributed by atoms with E-state index in [9.17, 15) is 9.59 Å². The molecule has 2 rings (SSSR count). The van der Waals surface area contributed by atoms with Crippen LogP contribution >= 0.6 is 11.6 Å². The molecule has 0 aliphatic carbocycles. The summed E-state index contributed by atoms with van der Waals surface area (Å²) in [4.78, 5) is 22.8. The van der Waals surface area contributed by atoms with E-state index in [1.807, 2.05) is 13.0 Å². The highest BCUT2D eigenvalue weighted by Crippen LogP contribution is 2.22. The number of halogens is 1. The van der Waals surface area contributed by atoms with E-state index in [1.165, 1.54) is 12.1 Å². The highest BCUT2D eigenvalue weighted by Gasteiger charge is 2.11. The summed E-state index contributed by atoms with van der Waals surface area (Å²) in [6, 6.07) is 11.6. The van der Waals surface area contributed by atoms with Crippen LogP contribution in [-0.4, -0.2) is 12.3 Å². The number of aldehydes is 1. The number of carbonyl (C=O) groups excluding carboxylic acids is 2. The summed E-state index contributed by atoms with van der Waals surface area (Å²) in [6.45, 7) is 1.88. The molecule has 0 saturated heterocycles. The van der Waals surface area contributed by atoms with Gasteiger partial charge in [0.25, 0.3) is 0 Å². The second kappa shape index (κ2) is 5.67. The van der Waals surface area contributed by atoms with E-state index in [0.29, 0.717) is 16.9 Å². The first kappa shape index (κ1) is 13.3. The fourth-order valence-electron chi connectivity index (χ4n) is 1.64. The van der Waals surface area contributed by atoms with Crippen molar-refractivity contribution in [1.29, 1.82) is 0 Å². The maximum Gasteiger partial charge on any atom is 0.343 e. The highest BCUT2D eigenvalue weighted by atomic mass is 35.5. The van der Waals surface area contributed by atoms with Crippen molar-refractivity contribution < 1.29 is 14.3 Å². The summed E-state index contributed by atoms with van der Waals surface area (Å²) >= 11 is 5.77. The number of esters is 1. The number of hydrogen-bond donors (Lipinski definition) is 0. The Morgan fingerprint density at radius 3 is 2.68 bits per heavy atom. The largest absolute Gasteiger partial charge is 0.422 e. The van der Waals surface area contributed by atoms with Crippen LogP contribution in [-0.2, 0) is 0 Å². The third-order valence-corrected chi connectivity index (χ3v) is 2.79. The van der Waals surface area contributed by atoms with Crippen molar-refractivity contribution in [2.75, 3.05) is 0 Å². The molecule has 3 nitrogen and oxygen atoms in total. The van der Waals surface area contributed by atoms with Crippen molar-refractivity contribution in [2.45, 2.75) is 6.92 Å². The average Bonchev–Trinajstić information content (AvgIpc) is 2.40. The van der Waals surface area contributed by atoms with Gasteiger partial charge in [0.1, 0.15) is 5.75 Å². The molecule has 0 amide bonds. The lowest BCUT2D eigenvalue weighted by atomic mass is 10.1. The van der Waals surface area contributed by atoms with E-state index >= 15 is 0 Å². The Kier molecular flexibility index (Phi) is 3.97. The van der Waals surface area contributed by atoms with E-state index in [4.69, 9.17) is 16.3 Å². The van der Waals surface area contributed by atoms with Gasteiger partial charge in [0.15, 0.2) is 6.29 Å². The number of rotatable bonds is 3. The molecule has 19 heavy (non-hydrogen) atoms. The zero-order valence-corrected chi connectivity index (χ0v) is 11.0. The van der Waals surface area contributed by atoms with Crippen LogP contribution in [0.2, 0.25) is 5.02 Å². The lowest BCUT2D eigenvalue weighted by Gasteiger charge is -2.07. The second-order valence-electron chi connectivity index (χ2n) is 4.06. The minimum absolute atomic E-state index is 0.200. The summed E-state index contributed by atoms with van der Waals surface area (Å²) in [7, 11) is 0. The number of aryl methyl sites for hydroxylation is 1. The van der Waals surface area contributed by atoms with Crippen LogP contribution in [0.3, 0.4) is 0 Å². The quantitative estimate of drug-likeness (QED) is 0.487. The normalized spacial score (nSPS) is 10.0. The van der Waals surface area contributed by atoms with Gasteiger partial charge in [-0.3, -0.25) is 4.79 Å². The fourth-order valence-corrected chi connectivity index (χ4v) is 1.82. The Labute approximate surface area is 115 Å². The van der Waals surface area contributed by atoms with E-state index < -0.39 is 5.97 Å². The molecule has 2 aromatic rings. The fraction of sp³-hybridized carbons (Fsp3) is 0.0667. The van der Waals surface area contributed by atoms with E-state index in [1.54, 1.807) is 24.3 Å². The predicted octanol–water partition coefficient (Wildman–Crippen LogP) is 3.68. The Bertz CT molecular complexity index is 635. The molecule has 0 aliphatic heterocycles. The van der Waals surface area contributed by atoms with Gasteiger partial charge in [-0.2, -0.15) is 0 Å². The molecule has 4 heteroatoms. The predicted molar refractivity (Wildman–Crippen MR) is 73.0 cm³/mol. The first-order chi connectivity index (χ1) is 9.10. The van der Waals surface area contributed by atoms with Crippen LogP contribution in [0.1, 0.15) is 26.3 Å². The van der Waals surface area contributed by atoms with Crippen LogP contribution in [0.5, 0.6) is 5.75 Å². The smallest absolute Gasteiger partial charge is 0.343 e. The monoisotopic (exact) mass is 274 g/mol. The molecule has 0 aromatic heterocycles. The molecule has 96 valence electrons. The molecule has 0 unspecified atom stereocenters. The number of ether oxygens (including phenoxy) is 1. The van der Waals surface area contributed by atoms with Crippen molar-refractivity contribution >= 4 is 23.9 Å². The van der Waals surface area contributed by atoms with Gasteiger partial charge in [0, 0.05) is 5.02 Å². The minimum atomic E-state index is -0.505. The zero-order valence-electron chi connectivity index (χ0n) is 10.2. The van der Waals surface area contributed by atoms with Crippen molar-refractivity contribution in [2.24, 2.45) is 0 Å². The van der Waals surface area contributed by atoms with Gasteiger partial charge in [0.05, 0.1) is 11.1 Å². The summed E-state index contributed by atoms with van der Waals surface area (Å²) in [6.07, 6.45) is 0.602. The Balaban J connectivity index is 2.26. The first-order valence-electron chi connectivity index (χ1n) is 5.64. The lowest BCUT2D eigenvalue weighted by Crippen LogP contribution is -2.09. The first-order valence-corrected chi connectivity index (χ1v) is 6.01. The maximum absolute atomic E-state index is 11.9. The Morgan fingerprint density at radius 1 is 1.21 bits per heavy atom. The number of benzene rings is 2. The van der Waals surface area contributed by atoms with Gasteiger partial charge in [-0.15, -0.1) is 0 Å². The molecule has 0 radical (unpaired) electrons. The van der Waals surface area contributed by atoms with Crippen LogP contribution in [0.4, 0.5) is 0 Å². The zero-order chi connectivity index (χ0) is 13.8. The van der Waals surface area contributed by atoms with Crippen LogP contribution in [0.15, 0.2) is 42.5 Å². The third-order valence-electron chi connectivity index (χ3n) is 2.56. The van der Waals surface area contributed by atoms with Crippen LogP contribution < -0.4 is 4.74 Å². The molecule has 0 spiro atoms. The minimum Gasteiger partial charge on any atom is -0.422 e. The molecule has 0 bridgehead atoms. The standard InChI is InChI=1S/C15H11ClO3/c1-10-3-2-4-11(7-10)15(18)19-14-6-5-13(16)8-12(14)9-17/h2-9H,1H3. The van der Waals surface area contributed by atoms with Gasteiger partial charge in [0.2, 0.25) is 0 Å². The van der Waals surface area contributed by atoms with Gasteiger partial charge in [-0.25, -0.2) is 4.79 Å². The topological polar surface area (TPSA) is 43.4 Å². The molecular weight excluding hydrogens is 264 g/mol. The number of carbonyl (C=O) groups is 2. The average molecular weight is 275 g/mol. The van der Waals surface area contributed by atoms with E-state index in [0.717, 1.165) is 5.56 Å². The molecule has 0 fully saturated rings. The van der Waals surface area contributed by atoms with Crippen molar-refractivity contribution in [3.05, 3.63) is 64.2 Å². The van der Waals surface area contributed by atoms with E-state index in [-0.39, 0.29) is 11.3 Å². The van der Waals surface area contributed by atoms with Crippen LogP contribution in [0.25, 0.3) is 0 Å². The summed E-state index contributed by atoms with van der Waals surface area (Å²) < 4.78 is 5.20. The Hall–Kier alpha value is -2.13. The molecule has 0 atom stereocenters. The molecule has 0 N–H and O–H groups in total. The Morgan fingerprint density at radius 2 is 2.00 bits per heavy atom. The van der Waals surface area contributed by atoms with E-state index in [2.05, 4.69) is 0 Å². The van der Waals surface area contributed by atoms with Gasteiger partial charge < -0.3 is 4.74 Å². The maximum atomic E-state index is 11.9. The lowest BCUT2D eigenvalue weighted by molar-refractivity contribution is 0.0733. The molecule has 0 aliphatic rings. The summed E-state index contributed by atoms with van der Waals surface area (Å²) in [5.41, 5.74) is 1.64. The summed E-state index contributed by atoms with van der Waals surface area (Å²) in [5.74, 6) is -0.306. The van der Waals surface area contributed by atoms with Crippen molar-refractivity contribution in [1.82, 2.24) is 0 Å². The molecular formula is C15H11ClO3. The van der Waals surface area contributed by atoms with Gasteiger partial charge in [-0.05, 0) is 37.3 Å². The number of hydrogen-bond acceptors (Lipinski definition) is 3. The highest BCUT2D eigenvalue weighted by molar-refractivity contribution is 6.30. The summed E-state index contributed by atoms with van der Waals surface area (Å²) in [5, 5.41) is 0.414. The van der Waals surface area contributed by atoms with Crippen LogP contribution in [0, 0.1) is 6.92 Å². The van der Waals surface area contributed by atoms with Crippen molar-refractivity contribution in [3.8, 4) is 5.75 Å². The van der Waals surface area contributed by atoms with Crippen molar-refractivity contribution in [3.63, 3.8) is 0 Å². The SMILES string of the molecule is Cc1cccc(C(=O)Oc2ccc(Cl)cc2C=O)c1. The van der Waals surface area contributed by atoms with Gasteiger partial charge in [-0.1, -0.05) is 29.3 Å². The second-order valence-corrected chi connectivity index (χ2v) is 4.50. The van der Waals surface area contributed by atoms with Gasteiger partial charge >= 0.3 is 5.97 Å². The molecule has 2 aromatic carbocycles. The molecule has 0 heterocycles. The molecule has 0 saturated carbocycles. The third kappa shape index (κ3) is 3.20.